The molecule has 0 spiro atoms. The maximum Gasteiger partial charge on any atom is 0.223 e. The molecular weight excluding hydrogens is 354 g/mol. The van der Waals surface area contributed by atoms with Crippen molar-refractivity contribution in [2.75, 3.05) is 13.1 Å². The van der Waals surface area contributed by atoms with Gasteiger partial charge < -0.3 is 4.90 Å². The van der Waals surface area contributed by atoms with Crippen LogP contribution < -0.4 is 0 Å². The van der Waals surface area contributed by atoms with Gasteiger partial charge in [0, 0.05) is 30.5 Å². The molecule has 1 amide bonds. The number of halogens is 1. The zero-order valence-electron chi connectivity index (χ0n) is 16.3. The normalized spacial score (nSPS) is 38.0. The Bertz CT molecular complexity index is 662. The van der Waals surface area contributed by atoms with Crippen LogP contribution in [0, 0.1) is 23.2 Å². The fraction of sp³-hybridized carbons (Fsp3) is 0.708. The Labute approximate surface area is 168 Å². The summed E-state index contributed by atoms with van der Waals surface area (Å²) in [7, 11) is 0. The molecule has 2 nitrogen and oxygen atoms in total. The minimum absolute atomic E-state index is 0.355. The van der Waals surface area contributed by atoms with E-state index in [1.807, 2.05) is 12.1 Å². The van der Waals surface area contributed by atoms with Gasteiger partial charge in [0.2, 0.25) is 5.91 Å². The predicted molar refractivity (Wildman–Crippen MR) is 110 cm³/mol. The first-order chi connectivity index (χ1) is 13.1. The molecule has 4 aliphatic carbocycles. The molecule has 4 saturated carbocycles. The van der Waals surface area contributed by atoms with Crippen molar-refractivity contribution >= 4 is 17.5 Å². The number of rotatable bonds is 3. The van der Waals surface area contributed by atoms with Crippen molar-refractivity contribution in [1.82, 2.24) is 4.90 Å². The first-order valence-corrected chi connectivity index (χ1v) is 11.5. The lowest BCUT2D eigenvalue weighted by Gasteiger charge is -2.57. The van der Waals surface area contributed by atoms with E-state index in [1.54, 1.807) is 0 Å². The van der Waals surface area contributed by atoms with E-state index >= 15 is 0 Å². The Kier molecular flexibility index (Phi) is 4.74. The van der Waals surface area contributed by atoms with Gasteiger partial charge in [-0.1, -0.05) is 30.2 Å². The first kappa shape index (κ1) is 18.0. The lowest BCUT2D eigenvalue weighted by molar-refractivity contribution is -0.139. The minimum atomic E-state index is 0.355. The standard InChI is InChI=1S/C24H32ClNO/c25-22-6-4-20(5-7-22)21-3-1-2-8-26(16-21)23(27)15-24-12-17-9-18(13-24)11-19(10-17)14-24/h4-7,17-19,21H,1-3,8-16H2. The summed E-state index contributed by atoms with van der Waals surface area (Å²) < 4.78 is 0. The summed E-state index contributed by atoms with van der Waals surface area (Å²) in [6.45, 7) is 1.85. The molecule has 4 bridgehead atoms. The molecule has 6 rings (SSSR count). The summed E-state index contributed by atoms with van der Waals surface area (Å²) in [4.78, 5) is 15.6. The average molecular weight is 386 g/mol. The number of likely N-dealkylation sites (tertiary alicyclic amines) is 1. The summed E-state index contributed by atoms with van der Waals surface area (Å²) in [5, 5.41) is 0.794. The van der Waals surface area contributed by atoms with Crippen molar-refractivity contribution in [2.45, 2.75) is 70.1 Å². The van der Waals surface area contributed by atoms with Gasteiger partial charge >= 0.3 is 0 Å². The van der Waals surface area contributed by atoms with Crippen molar-refractivity contribution in [1.29, 1.82) is 0 Å². The smallest absolute Gasteiger partial charge is 0.223 e. The summed E-state index contributed by atoms with van der Waals surface area (Å²) >= 11 is 6.07. The molecule has 1 heterocycles. The molecule has 5 fully saturated rings. The van der Waals surface area contributed by atoms with E-state index in [4.69, 9.17) is 11.6 Å². The Morgan fingerprint density at radius 2 is 1.63 bits per heavy atom. The van der Waals surface area contributed by atoms with Gasteiger partial charge in [-0.3, -0.25) is 4.79 Å². The number of carbonyl (C=O) groups is 1. The molecule has 1 aliphatic heterocycles. The molecule has 27 heavy (non-hydrogen) atoms. The van der Waals surface area contributed by atoms with E-state index < -0.39 is 0 Å². The van der Waals surface area contributed by atoms with E-state index in [9.17, 15) is 4.79 Å². The van der Waals surface area contributed by atoms with Crippen LogP contribution in [0.1, 0.15) is 75.7 Å². The Hall–Kier alpha value is -1.02. The SMILES string of the molecule is O=C(CC12CC3CC(CC(C3)C1)C2)N1CCCCC(c2ccc(Cl)cc2)C1. The quantitative estimate of drug-likeness (QED) is 0.620. The van der Waals surface area contributed by atoms with E-state index in [1.165, 1.54) is 56.9 Å². The minimum Gasteiger partial charge on any atom is -0.342 e. The topological polar surface area (TPSA) is 20.3 Å². The van der Waals surface area contributed by atoms with E-state index in [2.05, 4.69) is 17.0 Å². The van der Waals surface area contributed by atoms with Gasteiger partial charge in [-0.05, 0) is 92.2 Å². The fourth-order valence-corrected chi connectivity index (χ4v) is 7.44. The summed E-state index contributed by atoms with van der Waals surface area (Å²) in [5.74, 6) is 3.68. The fourth-order valence-electron chi connectivity index (χ4n) is 7.31. The van der Waals surface area contributed by atoms with Crippen LogP contribution in [-0.4, -0.2) is 23.9 Å². The van der Waals surface area contributed by atoms with Gasteiger partial charge in [0.25, 0.3) is 0 Å². The third-order valence-electron chi connectivity index (χ3n) is 8.06. The highest BCUT2D eigenvalue weighted by Gasteiger charge is 2.51. The van der Waals surface area contributed by atoms with Crippen LogP contribution in [0.5, 0.6) is 0 Å². The second-order valence-electron chi connectivity index (χ2n) is 10.2. The lowest BCUT2D eigenvalue weighted by atomic mass is 9.49. The number of carbonyl (C=O) groups excluding carboxylic acids is 1. The zero-order chi connectivity index (χ0) is 18.4. The van der Waals surface area contributed by atoms with Crippen LogP contribution in [0.15, 0.2) is 24.3 Å². The van der Waals surface area contributed by atoms with Gasteiger partial charge in [-0.15, -0.1) is 0 Å². The number of nitrogens with zero attached hydrogens (tertiary/aromatic N) is 1. The van der Waals surface area contributed by atoms with Gasteiger partial charge in [0.15, 0.2) is 0 Å². The van der Waals surface area contributed by atoms with Gasteiger partial charge in [0.05, 0.1) is 0 Å². The number of hydrogen-bond donors (Lipinski definition) is 0. The van der Waals surface area contributed by atoms with Gasteiger partial charge in [0.1, 0.15) is 0 Å². The lowest BCUT2D eigenvalue weighted by Crippen LogP contribution is -2.48. The van der Waals surface area contributed by atoms with E-state index in [0.29, 0.717) is 17.2 Å². The highest BCUT2D eigenvalue weighted by molar-refractivity contribution is 6.30. The van der Waals surface area contributed by atoms with Crippen molar-refractivity contribution in [3.63, 3.8) is 0 Å². The first-order valence-electron chi connectivity index (χ1n) is 11.1. The second kappa shape index (κ2) is 7.10. The molecule has 1 aromatic rings. The highest BCUT2D eigenvalue weighted by Crippen LogP contribution is 2.61. The molecule has 1 aromatic carbocycles. The Balaban J connectivity index is 1.28. The third kappa shape index (κ3) is 3.67. The highest BCUT2D eigenvalue weighted by atomic mass is 35.5. The Morgan fingerprint density at radius 3 is 2.26 bits per heavy atom. The average Bonchev–Trinajstić information content (AvgIpc) is 2.87. The third-order valence-corrected chi connectivity index (χ3v) is 8.31. The van der Waals surface area contributed by atoms with Crippen molar-refractivity contribution in [3.05, 3.63) is 34.9 Å². The van der Waals surface area contributed by atoms with Gasteiger partial charge in [-0.2, -0.15) is 0 Å². The summed E-state index contributed by atoms with van der Waals surface area (Å²) in [5.41, 5.74) is 1.70. The molecule has 1 atom stereocenters. The second-order valence-corrected chi connectivity index (χ2v) is 10.6. The van der Waals surface area contributed by atoms with Crippen molar-refractivity contribution < 1.29 is 4.79 Å². The van der Waals surface area contributed by atoms with E-state index in [0.717, 1.165) is 48.7 Å². The number of amides is 1. The molecule has 0 radical (unpaired) electrons. The largest absolute Gasteiger partial charge is 0.342 e. The van der Waals surface area contributed by atoms with Crippen molar-refractivity contribution in [3.8, 4) is 0 Å². The molecule has 0 N–H and O–H groups in total. The predicted octanol–water partition coefficient (Wildman–Crippen LogP) is 6.04. The van der Waals surface area contributed by atoms with Crippen molar-refractivity contribution in [2.24, 2.45) is 23.2 Å². The molecule has 3 heteroatoms. The van der Waals surface area contributed by atoms with E-state index in [-0.39, 0.29) is 0 Å². The van der Waals surface area contributed by atoms with Crippen LogP contribution in [-0.2, 0) is 4.79 Å². The summed E-state index contributed by atoms with van der Waals surface area (Å²) in [6, 6.07) is 8.28. The Morgan fingerprint density at radius 1 is 1.00 bits per heavy atom. The van der Waals surface area contributed by atoms with Crippen LogP contribution in [0.4, 0.5) is 0 Å². The monoisotopic (exact) mass is 385 g/mol. The zero-order valence-corrected chi connectivity index (χ0v) is 17.1. The van der Waals surface area contributed by atoms with Crippen LogP contribution in [0.2, 0.25) is 5.02 Å². The van der Waals surface area contributed by atoms with Gasteiger partial charge in [-0.25, -0.2) is 0 Å². The molecule has 1 unspecified atom stereocenters. The number of hydrogen-bond acceptors (Lipinski definition) is 1. The summed E-state index contributed by atoms with van der Waals surface area (Å²) in [6.07, 6.45) is 12.7. The maximum absolute atomic E-state index is 13.4. The van der Waals surface area contributed by atoms with Crippen LogP contribution in [0.3, 0.4) is 0 Å². The van der Waals surface area contributed by atoms with Crippen LogP contribution >= 0.6 is 11.6 Å². The molecule has 5 aliphatic rings. The molecular formula is C24H32ClNO. The molecule has 146 valence electrons. The maximum atomic E-state index is 13.4. The molecule has 1 saturated heterocycles. The molecule has 0 aromatic heterocycles. The number of benzene rings is 1. The van der Waals surface area contributed by atoms with Crippen LogP contribution in [0.25, 0.3) is 0 Å².